The molecule has 1 heterocycles. The highest BCUT2D eigenvalue weighted by atomic mass is 35.5. The number of hydrogen-bond acceptors (Lipinski definition) is 3. The molecule has 0 aliphatic heterocycles. The number of halogens is 1. The lowest BCUT2D eigenvalue weighted by atomic mass is 10.0. The number of carbonyl (C=O) groups is 1. The summed E-state index contributed by atoms with van der Waals surface area (Å²) in [4.78, 5) is 15.8. The normalized spacial score (nSPS) is 12.0. The lowest BCUT2D eigenvalue weighted by Gasteiger charge is -2.07. The lowest BCUT2D eigenvalue weighted by molar-refractivity contribution is 0.0592. The van der Waals surface area contributed by atoms with Crippen LogP contribution in [0.1, 0.15) is 96.3 Å². The third-order valence-electron chi connectivity index (χ3n) is 4.22. The number of carbonyl (C=O) groups excluding carboxylic acids is 1. The maximum absolute atomic E-state index is 11.9. The summed E-state index contributed by atoms with van der Waals surface area (Å²) in [6.45, 7) is 2.24. The number of unbranched alkanes of at least 4 members (excludes halogenated alkanes) is 10. The summed E-state index contributed by atoms with van der Waals surface area (Å²) in [7, 11) is 1.28. The van der Waals surface area contributed by atoms with E-state index in [9.17, 15) is 4.79 Å². The lowest BCUT2D eigenvalue weighted by Crippen LogP contribution is -2.08. The summed E-state index contributed by atoms with van der Waals surface area (Å²) in [6.07, 6.45) is 13.9. The number of nitrogens with zero attached hydrogens (tertiary/aromatic N) is 1. The molecule has 0 unspecified atom stereocenters. The highest BCUT2D eigenvalue weighted by Crippen LogP contribution is 2.18. The molecule has 0 amide bonds. The molecule has 0 fully saturated rings. The van der Waals surface area contributed by atoms with E-state index in [1.165, 1.54) is 58.5 Å². The molecule has 24 heavy (non-hydrogen) atoms. The van der Waals surface area contributed by atoms with Crippen molar-refractivity contribution in [2.24, 2.45) is 0 Å². The Morgan fingerprint density at radius 1 is 1.08 bits per heavy atom. The van der Waals surface area contributed by atoms with Crippen molar-refractivity contribution in [3.63, 3.8) is 0 Å². The zero-order valence-electron chi connectivity index (χ0n) is 17.1. The number of methoxy groups -OCH3 is 1. The van der Waals surface area contributed by atoms with Crippen LogP contribution >= 0.6 is 11.6 Å². The van der Waals surface area contributed by atoms with Crippen molar-refractivity contribution < 1.29 is 12.3 Å². The third kappa shape index (κ3) is 8.68. The molecule has 0 spiro atoms. The molecule has 0 N–H and O–H groups in total. The first-order valence-electron chi connectivity index (χ1n) is 10.3. The van der Waals surface area contributed by atoms with Gasteiger partial charge in [-0.2, -0.15) is 0 Å². The second kappa shape index (κ2) is 13.2. The highest BCUT2D eigenvalue weighted by Gasteiger charge is 2.13. The minimum atomic E-state index is -0.610. The van der Waals surface area contributed by atoms with Crippen LogP contribution in [0.25, 0.3) is 0 Å². The van der Waals surface area contributed by atoms with Crippen LogP contribution in [-0.2, 0) is 11.2 Å². The Hall–Kier alpha value is -1.09. The first-order valence-corrected chi connectivity index (χ1v) is 9.64. The summed E-state index contributed by atoms with van der Waals surface area (Å²) >= 11 is 5.96. The number of pyridine rings is 1. The van der Waals surface area contributed by atoms with Crippen LogP contribution in [0.15, 0.2) is 12.2 Å². The Balaban J connectivity index is 2.35. The van der Waals surface area contributed by atoms with E-state index in [1.54, 1.807) is 0 Å². The van der Waals surface area contributed by atoms with Crippen LogP contribution in [0.2, 0.25) is 5.02 Å². The summed E-state index contributed by atoms with van der Waals surface area (Å²) < 4.78 is 20.5. The molecule has 1 aromatic heterocycles. The Morgan fingerprint density at radius 3 is 2.17 bits per heavy atom. The van der Waals surface area contributed by atoms with E-state index in [0.717, 1.165) is 19.3 Å². The van der Waals surface area contributed by atoms with Crippen LogP contribution in [0, 0.1) is 0 Å². The maximum Gasteiger partial charge on any atom is 0.356 e. The smallest absolute Gasteiger partial charge is 0.356 e. The van der Waals surface area contributed by atoms with Gasteiger partial charge in [-0.1, -0.05) is 82.7 Å². The quantitative estimate of drug-likeness (QED) is 0.304. The first kappa shape index (κ1) is 17.7. The number of hydrogen-bond donors (Lipinski definition) is 0. The second-order valence-corrected chi connectivity index (χ2v) is 6.64. The molecule has 0 aliphatic carbocycles. The van der Waals surface area contributed by atoms with Gasteiger partial charge in [0.2, 0.25) is 0 Å². The fourth-order valence-corrected chi connectivity index (χ4v) is 2.96. The topological polar surface area (TPSA) is 39.2 Å². The van der Waals surface area contributed by atoms with Crippen molar-refractivity contribution in [3.8, 4) is 0 Å². The van der Waals surface area contributed by atoms with Gasteiger partial charge >= 0.3 is 5.97 Å². The van der Waals surface area contributed by atoms with Crippen molar-refractivity contribution >= 4 is 17.6 Å². The van der Waals surface area contributed by atoms with Gasteiger partial charge in [0.1, 0.15) is 0 Å². The summed E-state index contributed by atoms with van der Waals surface area (Å²) in [5, 5.41) is -0.00396. The predicted molar refractivity (Wildman–Crippen MR) is 101 cm³/mol. The largest absolute Gasteiger partial charge is 0.464 e. The van der Waals surface area contributed by atoms with Gasteiger partial charge in [0.25, 0.3) is 0 Å². The average Bonchev–Trinajstić information content (AvgIpc) is 2.64. The zero-order valence-corrected chi connectivity index (χ0v) is 15.9. The molecule has 136 valence electrons. The van der Waals surface area contributed by atoms with Gasteiger partial charge in [0.05, 0.1) is 14.9 Å². The minimum absolute atomic E-state index is 0.00396. The molecule has 0 atom stereocenters. The van der Waals surface area contributed by atoms with E-state index in [0.29, 0.717) is 12.0 Å². The Bertz CT molecular complexity index is 567. The number of rotatable bonds is 13. The van der Waals surface area contributed by atoms with E-state index in [-0.39, 0.29) is 22.9 Å². The van der Waals surface area contributed by atoms with E-state index in [4.69, 9.17) is 19.1 Å². The number of ether oxygens (including phenoxy) is 1. The van der Waals surface area contributed by atoms with Gasteiger partial charge in [-0.25, -0.2) is 9.78 Å². The van der Waals surface area contributed by atoms with Crippen molar-refractivity contribution in [1.29, 1.82) is 0 Å². The van der Waals surface area contributed by atoms with E-state index in [1.807, 2.05) is 0 Å². The Labute approximate surface area is 155 Å². The molecule has 0 saturated carbocycles. The monoisotopic (exact) mass is 355 g/mol. The molecule has 0 saturated heterocycles. The Morgan fingerprint density at radius 2 is 1.62 bits per heavy atom. The van der Waals surface area contributed by atoms with Gasteiger partial charge in [0.15, 0.2) is 5.69 Å². The van der Waals surface area contributed by atoms with Crippen molar-refractivity contribution in [3.05, 3.63) is 28.5 Å². The van der Waals surface area contributed by atoms with Crippen LogP contribution in [0.5, 0.6) is 0 Å². The standard InChI is InChI=1S/C20H32ClNO2/c1-3-4-5-6-7-8-9-10-11-12-13-14-17-15-18(21)16-22-19(17)20(23)24-2/h15-16H,3-14H2,1-2H3/i15D,16D. The van der Waals surface area contributed by atoms with Gasteiger partial charge in [-0.3, -0.25) is 0 Å². The predicted octanol–water partition coefficient (Wildman–Crippen LogP) is 6.38. The van der Waals surface area contributed by atoms with Crippen LogP contribution in [0.3, 0.4) is 0 Å². The van der Waals surface area contributed by atoms with E-state index < -0.39 is 5.97 Å². The molecule has 0 aliphatic rings. The van der Waals surface area contributed by atoms with Crippen LogP contribution < -0.4 is 0 Å². The SMILES string of the molecule is [2H]c1nc(C(=O)OC)c(CCCCCCCCCCCCC)c([2H])c1Cl. The molecule has 4 heteroatoms. The van der Waals surface area contributed by atoms with E-state index in [2.05, 4.69) is 11.9 Å². The highest BCUT2D eigenvalue weighted by molar-refractivity contribution is 6.30. The molecule has 0 radical (unpaired) electrons. The molecule has 0 bridgehead atoms. The number of aromatic nitrogens is 1. The fourth-order valence-electron chi connectivity index (χ4n) is 2.80. The third-order valence-corrected chi connectivity index (χ3v) is 4.40. The van der Waals surface area contributed by atoms with Gasteiger partial charge < -0.3 is 4.74 Å². The zero-order chi connectivity index (χ0) is 19.4. The number of esters is 1. The van der Waals surface area contributed by atoms with Gasteiger partial charge in [-0.05, 0) is 24.4 Å². The van der Waals surface area contributed by atoms with Crippen molar-refractivity contribution in [1.82, 2.24) is 4.98 Å². The van der Waals surface area contributed by atoms with Gasteiger partial charge in [0, 0.05) is 6.17 Å². The first-order chi connectivity index (χ1) is 12.5. The molecular formula is C20H32ClNO2. The molecular weight excluding hydrogens is 322 g/mol. The summed E-state index contributed by atoms with van der Waals surface area (Å²) in [5.74, 6) is -0.610. The Kier molecular flexibility index (Phi) is 9.77. The molecule has 3 nitrogen and oxygen atoms in total. The maximum atomic E-state index is 11.9. The summed E-state index contributed by atoms with van der Waals surface area (Å²) in [6, 6.07) is 0.0270. The molecule has 0 aromatic carbocycles. The molecule has 1 aromatic rings. The average molecular weight is 356 g/mol. The van der Waals surface area contributed by atoms with Crippen LogP contribution in [-0.4, -0.2) is 18.1 Å². The second-order valence-electron chi connectivity index (χ2n) is 6.27. The fraction of sp³-hybridized carbons (Fsp3) is 0.700. The van der Waals surface area contributed by atoms with E-state index >= 15 is 0 Å². The van der Waals surface area contributed by atoms with Gasteiger partial charge in [-0.15, -0.1) is 0 Å². The minimum Gasteiger partial charge on any atom is -0.464 e. The van der Waals surface area contributed by atoms with Crippen LogP contribution in [0.4, 0.5) is 0 Å². The summed E-state index contributed by atoms with van der Waals surface area (Å²) in [5.41, 5.74) is 0.549. The van der Waals surface area contributed by atoms with Crippen molar-refractivity contribution in [2.75, 3.05) is 7.11 Å². The van der Waals surface area contributed by atoms with Crippen molar-refractivity contribution in [2.45, 2.75) is 84.0 Å². The molecule has 1 rings (SSSR count).